The van der Waals surface area contributed by atoms with Gasteiger partial charge in [0.05, 0.1) is 18.3 Å². The van der Waals surface area contributed by atoms with Crippen LogP contribution in [0.3, 0.4) is 0 Å². The van der Waals surface area contributed by atoms with Gasteiger partial charge in [-0.25, -0.2) is 0 Å². The van der Waals surface area contributed by atoms with Crippen molar-refractivity contribution in [1.82, 2.24) is 5.16 Å². The Bertz CT molecular complexity index is 1190. The van der Waals surface area contributed by atoms with Gasteiger partial charge in [-0.05, 0) is 35.9 Å². The van der Waals surface area contributed by atoms with Crippen LogP contribution < -0.4 is 16.0 Å². The smallest absolute Gasteiger partial charge is 0.256 e. The maximum Gasteiger partial charge on any atom is 0.256 e. The van der Waals surface area contributed by atoms with Crippen LogP contribution in [0.2, 0.25) is 5.02 Å². The molecule has 2 heterocycles. The largest absolute Gasteiger partial charge is 0.359 e. The van der Waals surface area contributed by atoms with Crippen molar-refractivity contribution in [2.24, 2.45) is 5.73 Å². The fourth-order valence-electron chi connectivity index (χ4n) is 3.37. The number of rotatable bonds is 4. The molecule has 0 fully saturated rings. The zero-order valence-corrected chi connectivity index (χ0v) is 21.4. The van der Waals surface area contributed by atoms with E-state index in [0.29, 0.717) is 40.1 Å². The summed E-state index contributed by atoms with van der Waals surface area (Å²) in [6.45, 7) is 6.32. The Morgan fingerprint density at radius 1 is 1.24 bits per heavy atom. The summed E-state index contributed by atoms with van der Waals surface area (Å²) in [5, 5.41) is 7.34. The van der Waals surface area contributed by atoms with Crippen LogP contribution in [-0.4, -0.2) is 28.8 Å². The van der Waals surface area contributed by atoms with Crippen molar-refractivity contribution in [2.75, 3.05) is 16.0 Å². The minimum atomic E-state index is -0.641. The van der Waals surface area contributed by atoms with E-state index < -0.39 is 6.04 Å². The summed E-state index contributed by atoms with van der Waals surface area (Å²) in [5.74, 6) is 0.933. The summed E-state index contributed by atoms with van der Waals surface area (Å²) >= 11 is 7.50. The average Bonchev–Trinajstić information content (AvgIpc) is 3.21. The van der Waals surface area contributed by atoms with Crippen LogP contribution in [0.5, 0.6) is 0 Å². The molecule has 4 rings (SSSR count). The molecule has 0 bridgehead atoms. The first-order chi connectivity index (χ1) is 15.6. The van der Waals surface area contributed by atoms with Crippen molar-refractivity contribution in [1.29, 1.82) is 0 Å². The highest BCUT2D eigenvalue weighted by Gasteiger charge is 2.29. The lowest BCUT2D eigenvalue weighted by Crippen LogP contribution is -2.44. The first-order valence-electron chi connectivity index (χ1n) is 10.5. The molecular weight excluding hydrogens is 495 g/mol. The maximum atomic E-state index is 13.1. The number of carbonyl (C=O) groups excluding carboxylic acids is 2. The minimum Gasteiger partial charge on any atom is -0.359 e. The SMILES string of the molecule is CC(C)(C)c1cc(NC(=O)c2ccc3c(c2)N(Cc2ccc(Cl)cc2)C(=O)[C@@H](N)CS3)no1.Cl. The lowest BCUT2D eigenvalue weighted by atomic mass is 9.93. The standard InChI is InChI=1S/C24H25ClN4O3S.ClH/c1-24(2,3)20-11-21(28-32-20)27-22(30)15-6-9-19-18(10-15)29(23(31)17(26)13-33-19)12-14-4-7-16(25)8-5-14;/h4-11,17H,12-13,26H2,1-3H3,(H,27,28,30);1H/t17-;/m0./s1. The van der Waals surface area contributed by atoms with Gasteiger partial charge in [0.15, 0.2) is 5.82 Å². The van der Waals surface area contributed by atoms with E-state index in [4.69, 9.17) is 21.9 Å². The molecule has 2 aromatic carbocycles. The Hall–Kier alpha value is -2.52. The van der Waals surface area contributed by atoms with Crippen molar-refractivity contribution < 1.29 is 14.1 Å². The van der Waals surface area contributed by atoms with Crippen molar-refractivity contribution in [2.45, 2.75) is 43.7 Å². The molecule has 3 N–H and O–H groups in total. The molecule has 0 unspecified atom stereocenters. The van der Waals surface area contributed by atoms with E-state index >= 15 is 0 Å². The highest BCUT2D eigenvalue weighted by atomic mass is 35.5. The third-order valence-corrected chi connectivity index (χ3v) is 6.69. The van der Waals surface area contributed by atoms with Crippen LogP contribution in [0.1, 0.15) is 42.5 Å². The van der Waals surface area contributed by atoms with Gasteiger partial charge < -0.3 is 20.5 Å². The van der Waals surface area contributed by atoms with Gasteiger partial charge in [0, 0.05) is 32.7 Å². The van der Waals surface area contributed by atoms with E-state index in [-0.39, 0.29) is 29.6 Å². The van der Waals surface area contributed by atoms with Gasteiger partial charge in [-0.3, -0.25) is 9.59 Å². The minimum absolute atomic E-state index is 0. The summed E-state index contributed by atoms with van der Waals surface area (Å²) in [4.78, 5) is 28.6. The molecule has 2 amide bonds. The molecule has 0 aliphatic carbocycles. The van der Waals surface area contributed by atoms with Crippen LogP contribution in [-0.2, 0) is 16.8 Å². The molecule has 0 saturated heterocycles. The second kappa shape index (κ2) is 10.4. The van der Waals surface area contributed by atoms with Crippen molar-refractivity contribution in [3.8, 4) is 0 Å². The number of fused-ring (bicyclic) bond motifs is 1. The molecular formula is C24H26Cl2N4O3S. The van der Waals surface area contributed by atoms with Crippen molar-refractivity contribution in [3.05, 3.63) is 70.4 Å². The Balaban J connectivity index is 0.00000324. The number of anilines is 2. The lowest BCUT2D eigenvalue weighted by Gasteiger charge is -2.25. The number of benzene rings is 2. The quantitative estimate of drug-likeness (QED) is 0.486. The van der Waals surface area contributed by atoms with Crippen LogP contribution in [0.4, 0.5) is 11.5 Å². The fourth-order valence-corrected chi connectivity index (χ4v) is 4.48. The van der Waals surface area contributed by atoms with Crippen LogP contribution in [0, 0.1) is 0 Å². The predicted molar refractivity (Wildman–Crippen MR) is 138 cm³/mol. The second-order valence-corrected chi connectivity index (χ2v) is 10.4. The number of halogens is 2. The molecule has 7 nitrogen and oxygen atoms in total. The van der Waals surface area contributed by atoms with E-state index in [1.165, 1.54) is 11.8 Å². The fraction of sp³-hybridized carbons (Fsp3) is 0.292. The van der Waals surface area contributed by atoms with Crippen molar-refractivity contribution >= 4 is 59.1 Å². The molecule has 0 spiro atoms. The number of carbonyl (C=O) groups is 2. The van der Waals surface area contributed by atoms with Gasteiger partial charge in [-0.2, -0.15) is 0 Å². The number of thioether (sulfide) groups is 1. The monoisotopic (exact) mass is 520 g/mol. The van der Waals surface area contributed by atoms with E-state index in [1.807, 2.05) is 39.0 Å². The van der Waals surface area contributed by atoms with E-state index in [2.05, 4.69) is 10.5 Å². The van der Waals surface area contributed by atoms with Crippen LogP contribution in [0.25, 0.3) is 0 Å². The summed E-state index contributed by atoms with van der Waals surface area (Å²) < 4.78 is 5.35. The summed E-state index contributed by atoms with van der Waals surface area (Å²) in [6.07, 6.45) is 0. The number of amides is 2. The Kier molecular flexibility index (Phi) is 7.98. The zero-order chi connectivity index (χ0) is 23.8. The normalized spacial score (nSPS) is 15.9. The van der Waals surface area contributed by atoms with Gasteiger partial charge in [-0.15, -0.1) is 24.2 Å². The molecule has 180 valence electrons. The number of hydrogen-bond acceptors (Lipinski definition) is 6. The molecule has 10 heteroatoms. The van der Waals surface area contributed by atoms with Crippen molar-refractivity contribution in [3.63, 3.8) is 0 Å². The zero-order valence-electron chi connectivity index (χ0n) is 19.0. The first kappa shape index (κ1) is 26.1. The third-order valence-electron chi connectivity index (χ3n) is 5.26. The van der Waals surface area contributed by atoms with Crippen LogP contribution >= 0.6 is 35.8 Å². The molecule has 3 aromatic rings. The predicted octanol–water partition coefficient (Wildman–Crippen LogP) is 5.27. The van der Waals surface area contributed by atoms with Gasteiger partial charge in [0.25, 0.3) is 5.91 Å². The number of nitrogens with two attached hydrogens (primary N) is 1. The number of nitrogens with zero attached hydrogens (tertiary/aromatic N) is 2. The lowest BCUT2D eigenvalue weighted by molar-refractivity contribution is -0.119. The average molecular weight is 521 g/mol. The molecule has 0 saturated carbocycles. The maximum absolute atomic E-state index is 13.1. The highest BCUT2D eigenvalue weighted by Crippen LogP contribution is 2.36. The van der Waals surface area contributed by atoms with Crippen LogP contribution in [0.15, 0.2) is 57.9 Å². The molecule has 1 aliphatic heterocycles. The topological polar surface area (TPSA) is 101 Å². The van der Waals surface area contributed by atoms with Gasteiger partial charge in [0.2, 0.25) is 5.91 Å². The summed E-state index contributed by atoms with van der Waals surface area (Å²) in [7, 11) is 0. The van der Waals surface area contributed by atoms with E-state index in [0.717, 1.165) is 10.5 Å². The molecule has 1 aromatic heterocycles. The van der Waals surface area contributed by atoms with Gasteiger partial charge >= 0.3 is 0 Å². The highest BCUT2D eigenvalue weighted by molar-refractivity contribution is 7.99. The number of hydrogen-bond donors (Lipinski definition) is 2. The molecule has 1 atom stereocenters. The van der Waals surface area contributed by atoms with Gasteiger partial charge in [0.1, 0.15) is 5.76 Å². The Morgan fingerprint density at radius 3 is 2.59 bits per heavy atom. The number of nitrogens with one attached hydrogen (secondary N) is 1. The molecule has 0 radical (unpaired) electrons. The third kappa shape index (κ3) is 5.75. The summed E-state index contributed by atoms with van der Waals surface area (Å²) in [6, 6.07) is 13.7. The molecule has 1 aliphatic rings. The summed E-state index contributed by atoms with van der Waals surface area (Å²) in [5.41, 5.74) is 7.87. The Morgan fingerprint density at radius 2 is 1.94 bits per heavy atom. The number of aromatic nitrogens is 1. The Labute approximate surface area is 213 Å². The first-order valence-corrected chi connectivity index (χ1v) is 11.8. The van der Waals surface area contributed by atoms with Gasteiger partial charge in [-0.1, -0.05) is 49.7 Å². The van der Waals surface area contributed by atoms with E-state index in [9.17, 15) is 9.59 Å². The second-order valence-electron chi connectivity index (χ2n) is 8.93. The molecule has 34 heavy (non-hydrogen) atoms. The van der Waals surface area contributed by atoms with E-state index in [1.54, 1.807) is 35.2 Å².